The van der Waals surface area contributed by atoms with Gasteiger partial charge in [0.25, 0.3) is 10.2 Å². The molecular formula is C11H17N3O2S. The molecule has 1 aromatic rings. The SMILES string of the molecule is Cc1cc(N)cc(C)c1NS(=O)(=O)NC1CC1. The van der Waals surface area contributed by atoms with Gasteiger partial charge in [-0.3, -0.25) is 4.72 Å². The quantitative estimate of drug-likeness (QED) is 0.709. The third-order valence-electron chi connectivity index (χ3n) is 2.69. The minimum Gasteiger partial charge on any atom is -0.399 e. The molecule has 5 nitrogen and oxygen atoms in total. The maximum Gasteiger partial charge on any atom is 0.299 e. The Hall–Kier alpha value is -1.27. The van der Waals surface area contributed by atoms with Crippen LogP contribution in [0.25, 0.3) is 0 Å². The minimum atomic E-state index is -3.47. The van der Waals surface area contributed by atoms with Crippen LogP contribution in [-0.2, 0) is 10.2 Å². The monoisotopic (exact) mass is 255 g/mol. The van der Waals surface area contributed by atoms with E-state index in [4.69, 9.17) is 5.73 Å². The van der Waals surface area contributed by atoms with Gasteiger partial charge in [0.2, 0.25) is 0 Å². The summed E-state index contributed by atoms with van der Waals surface area (Å²) >= 11 is 0. The molecule has 0 atom stereocenters. The predicted octanol–water partition coefficient (Wildman–Crippen LogP) is 1.29. The lowest BCUT2D eigenvalue weighted by molar-refractivity contribution is 0.586. The second-order valence-corrected chi connectivity index (χ2v) is 5.97. The molecule has 1 fully saturated rings. The summed E-state index contributed by atoms with van der Waals surface area (Å²) in [5.41, 5.74) is 8.58. The average Bonchev–Trinajstić information content (AvgIpc) is 2.94. The smallest absolute Gasteiger partial charge is 0.299 e. The van der Waals surface area contributed by atoms with Crippen molar-refractivity contribution < 1.29 is 8.42 Å². The van der Waals surface area contributed by atoms with E-state index in [2.05, 4.69) is 9.44 Å². The molecule has 0 aromatic heterocycles. The molecule has 0 amide bonds. The van der Waals surface area contributed by atoms with E-state index in [1.807, 2.05) is 13.8 Å². The average molecular weight is 255 g/mol. The molecule has 0 saturated heterocycles. The minimum absolute atomic E-state index is 0.0990. The van der Waals surface area contributed by atoms with E-state index in [1.165, 1.54) is 0 Å². The van der Waals surface area contributed by atoms with Gasteiger partial charge < -0.3 is 5.73 Å². The zero-order valence-electron chi connectivity index (χ0n) is 9.95. The number of hydrogen-bond donors (Lipinski definition) is 3. The van der Waals surface area contributed by atoms with Gasteiger partial charge in [-0.1, -0.05) is 0 Å². The first kappa shape index (κ1) is 12.2. The molecule has 0 spiro atoms. The van der Waals surface area contributed by atoms with Crippen LogP contribution >= 0.6 is 0 Å². The lowest BCUT2D eigenvalue weighted by Crippen LogP contribution is -2.32. The first-order chi connectivity index (χ1) is 7.87. The Morgan fingerprint density at radius 1 is 1.24 bits per heavy atom. The standard InChI is InChI=1S/C11H17N3O2S/c1-7-5-9(12)6-8(2)11(7)14-17(15,16)13-10-3-4-10/h5-6,10,13-14H,3-4,12H2,1-2H3. The van der Waals surface area contributed by atoms with Gasteiger partial charge in [-0.2, -0.15) is 13.1 Å². The lowest BCUT2D eigenvalue weighted by atomic mass is 10.1. The number of hydrogen-bond acceptors (Lipinski definition) is 3. The van der Waals surface area contributed by atoms with Crippen LogP contribution in [0.4, 0.5) is 11.4 Å². The van der Waals surface area contributed by atoms with Crippen LogP contribution in [0.1, 0.15) is 24.0 Å². The molecule has 2 rings (SSSR count). The molecule has 1 aliphatic rings. The van der Waals surface area contributed by atoms with Crippen LogP contribution in [0.3, 0.4) is 0 Å². The third-order valence-corrected chi connectivity index (χ3v) is 3.81. The Morgan fingerprint density at radius 3 is 2.24 bits per heavy atom. The van der Waals surface area contributed by atoms with Crippen LogP contribution in [0.15, 0.2) is 12.1 Å². The van der Waals surface area contributed by atoms with Gasteiger partial charge in [0, 0.05) is 11.7 Å². The van der Waals surface area contributed by atoms with Crippen molar-refractivity contribution in [3.05, 3.63) is 23.3 Å². The molecule has 0 radical (unpaired) electrons. The molecular weight excluding hydrogens is 238 g/mol. The first-order valence-electron chi connectivity index (χ1n) is 5.54. The maximum absolute atomic E-state index is 11.8. The highest BCUT2D eigenvalue weighted by Gasteiger charge is 2.27. The molecule has 94 valence electrons. The van der Waals surface area contributed by atoms with Gasteiger partial charge in [-0.05, 0) is 49.9 Å². The summed E-state index contributed by atoms with van der Waals surface area (Å²) in [5.74, 6) is 0. The van der Waals surface area contributed by atoms with Gasteiger partial charge in [0.1, 0.15) is 0 Å². The predicted molar refractivity (Wildman–Crippen MR) is 69.0 cm³/mol. The second kappa shape index (κ2) is 4.19. The van der Waals surface area contributed by atoms with Crippen LogP contribution in [0.5, 0.6) is 0 Å². The zero-order valence-corrected chi connectivity index (χ0v) is 10.8. The summed E-state index contributed by atoms with van der Waals surface area (Å²) in [6.45, 7) is 3.66. The Morgan fingerprint density at radius 2 is 1.76 bits per heavy atom. The first-order valence-corrected chi connectivity index (χ1v) is 7.02. The number of nitrogens with one attached hydrogen (secondary N) is 2. The molecule has 1 aliphatic carbocycles. The fraction of sp³-hybridized carbons (Fsp3) is 0.455. The lowest BCUT2D eigenvalue weighted by Gasteiger charge is -2.14. The van der Waals surface area contributed by atoms with Crippen LogP contribution in [-0.4, -0.2) is 14.5 Å². The van der Waals surface area contributed by atoms with E-state index in [0.717, 1.165) is 24.0 Å². The van der Waals surface area contributed by atoms with E-state index in [9.17, 15) is 8.42 Å². The number of nitrogen functional groups attached to an aromatic ring is 1. The Kier molecular flexibility index (Phi) is 3.01. The van der Waals surface area contributed by atoms with Crippen molar-refractivity contribution in [3.8, 4) is 0 Å². The van der Waals surface area contributed by atoms with E-state index in [1.54, 1.807) is 12.1 Å². The molecule has 6 heteroatoms. The Balaban J connectivity index is 2.23. The van der Waals surface area contributed by atoms with Gasteiger partial charge in [-0.15, -0.1) is 0 Å². The van der Waals surface area contributed by atoms with Crippen molar-refractivity contribution in [3.63, 3.8) is 0 Å². The fourth-order valence-corrected chi connectivity index (χ4v) is 3.07. The third kappa shape index (κ3) is 3.10. The summed E-state index contributed by atoms with van der Waals surface area (Å²) in [5, 5.41) is 0. The van der Waals surface area contributed by atoms with Gasteiger partial charge in [0.15, 0.2) is 0 Å². The normalized spacial score (nSPS) is 15.9. The molecule has 0 bridgehead atoms. The largest absolute Gasteiger partial charge is 0.399 e. The number of benzene rings is 1. The van der Waals surface area contributed by atoms with E-state index < -0.39 is 10.2 Å². The topological polar surface area (TPSA) is 84.2 Å². The molecule has 1 aromatic carbocycles. The molecule has 0 aliphatic heterocycles. The van der Waals surface area contributed by atoms with Crippen molar-refractivity contribution >= 4 is 21.6 Å². The van der Waals surface area contributed by atoms with Crippen molar-refractivity contribution in [1.29, 1.82) is 0 Å². The Labute approximate surface area is 102 Å². The second-order valence-electron chi connectivity index (χ2n) is 4.53. The van der Waals surface area contributed by atoms with Crippen molar-refractivity contribution in [2.75, 3.05) is 10.5 Å². The molecule has 4 N–H and O–H groups in total. The number of aryl methyl sites for hydroxylation is 2. The van der Waals surface area contributed by atoms with Gasteiger partial charge >= 0.3 is 0 Å². The highest BCUT2D eigenvalue weighted by molar-refractivity contribution is 7.90. The van der Waals surface area contributed by atoms with E-state index in [0.29, 0.717) is 11.4 Å². The molecule has 0 heterocycles. The van der Waals surface area contributed by atoms with E-state index in [-0.39, 0.29) is 6.04 Å². The number of anilines is 2. The Bertz CT molecular complexity index is 513. The van der Waals surface area contributed by atoms with Crippen LogP contribution in [0.2, 0.25) is 0 Å². The summed E-state index contributed by atoms with van der Waals surface area (Å²) < 4.78 is 28.7. The summed E-state index contributed by atoms with van der Waals surface area (Å²) in [6.07, 6.45) is 1.83. The molecule has 0 unspecified atom stereocenters. The highest BCUT2D eigenvalue weighted by Crippen LogP contribution is 2.25. The summed E-state index contributed by atoms with van der Waals surface area (Å²) in [4.78, 5) is 0. The van der Waals surface area contributed by atoms with Gasteiger partial charge in [-0.25, -0.2) is 0 Å². The maximum atomic E-state index is 11.8. The number of rotatable bonds is 4. The highest BCUT2D eigenvalue weighted by atomic mass is 32.2. The van der Waals surface area contributed by atoms with Crippen LogP contribution < -0.4 is 15.2 Å². The van der Waals surface area contributed by atoms with Crippen molar-refractivity contribution in [2.45, 2.75) is 32.7 Å². The van der Waals surface area contributed by atoms with E-state index >= 15 is 0 Å². The van der Waals surface area contributed by atoms with Crippen LogP contribution in [0, 0.1) is 13.8 Å². The molecule has 17 heavy (non-hydrogen) atoms. The fourth-order valence-electron chi connectivity index (χ4n) is 1.74. The summed E-state index contributed by atoms with van der Waals surface area (Å²) in [7, 11) is -3.47. The van der Waals surface area contributed by atoms with Gasteiger partial charge in [0.05, 0.1) is 5.69 Å². The van der Waals surface area contributed by atoms with Crippen molar-refractivity contribution in [2.24, 2.45) is 0 Å². The summed E-state index contributed by atoms with van der Waals surface area (Å²) in [6, 6.07) is 3.60. The van der Waals surface area contributed by atoms with Crippen molar-refractivity contribution in [1.82, 2.24) is 4.72 Å². The zero-order chi connectivity index (χ0) is 12.6. The molecule has 1 saturated carbocycles. The number of nitrogens with two attached hydrogens (primary N) is 1.